The molecule has 176 valence electrons. The maximum absolute atomic E-state index is 12.1. The number of nitrogens with one attached hydrogen (secondary N) is 1. The zero-order chi connectivity index (χ0) is 23.3. The summed E-state index contributed by atoms with van der Waals surface area (Å²) in [4.78, 5) is 25.7. The summed E-state index contributed by atoms with van der Waals surface area (Å²) in [5.74, 6) is -0.341. The molecule has 32 heavy (non-hydrogen) atoms. The van der Waals surface area contributed by atoms with Crippen molar-refractivity contribution in [3.63, 3.8) is 0 Å². The number of carbonyl (C=O) groups excluding carboxylic acids is 2. The number of aliphatic hydroxyl groups excluding tert-OH is 1. The highest BCUT2D eigenvalue weighted by Crippen LogP contribution is 2.22. The second kappa shape index (κ2) is 14.5. The minimum absolute atomic E-state index is 0.0667. The molecule has 1 amide bonds. The van der Waals surface area contributed by atoms with Gasteiger partial charge in [0.2, 0.25) is 5.91 Å². The maximum atomic E-state index is 12.1. The smallest absolute Gasteiger partial charge is 0.348 e. The molecule has 0 bridgehead atoms. The molecular weight excluding hydrogens is 539 g/mol. The second-order valence-electron chi connectivity index (χ2n) is 7.61. The first kappa shape index (κ1) is 26.6. The minimum Gasteiger partial charge on any atom is -0.461 e. The van der Waals surface area contributed by atoms with Crippen LogP contribution in [0, 0.1) is 0 Å². The molecule has 0 aliphatic carbocycles. The van der Waals surface area contributed by atoms with Gasteiger partial charge in [-0.1, -0.05) is 60.9 Å². The van der Waals surface area contributed by atoms with E-state index in [0.29, 0.717) is 18.0 Å². The average molecular weight is 573 g/mol. The van der Waals surface area contributed by atoms with Crippen LogP contribution in [0.4, 0.5) is 5.69 Å². The predicted molar refractivity (Wildman–Crippen MR) is 138 cm³/mol. The summed E-state index contributed by atoms with van der Waals surface area (Å²) in [6.07, 6.45) is 5.13. The summed E-state index contributed by atoms with van der Waals surface area (Å²) in [6.45, 7) is 4.65. The number of unbranched alkanes of at least 4 members (excludes halogenated alkanes) is 2. The van der Waals surface area contributed by atoms with Crippen molar-refractivity contribution >= 4 is 51.5 Å². The Bertz CT molecular complexity index is 841. The van der Waals surface area contributed by atoms with Crippen LogP contribution in [0.5, 0.6) is 0 Å². The van der Waals surface area contributed by atoms with Crippen LogP contribution < -0.4 is 5.43 Å². The van der Waals surface area contributed by atoms with Crippen molar-refractivity contribution in [1.29, 1.82) is 0 Å². The van der Waals surface area contributed by atoms with Gasteiger partial charge in [-0.05, 0) is 49.1 Å². The number of esters is 1. The number of ether oxygens (including phenoxy) is 1. The van der Waals surface area contributed by atoms with Crippen molar-refractivity contribution in [2.45, 2.75) is 58.5 Å². The summed E-state index contributed by atoms with van der Waals surface area (Å²) in [5, 5.41) is 11.9. The Morgan fingerprint density at radius 2 is 1.91 bits per heavy atom. The number of carbonyl (C=O) groups is 2. The van der Waals surface area contributed by atoms with E-state index in [1.165, 1.54) is 18.3 Å². The van der Waals surface area contributed by atoms with E-state index in [2.05, 4.69) is 34.9 Å². The minimum atomic E-state index is -0.450. The van der Waals surface area contributed by atoms with Gasteiger partial charge in [-0.15, -0.1) is 11.3 Å². The molecule has 2 aromatic rings. The number of nitrogens with zero attached hydrogens (tertiary/aromatic N) is 1. The van der Waals surface area contributed by atoms with Gasteiger partial charge in [0.1, 0.15) is 11.5 Å². The Morgan fingerprint density at radius 3 is 2.56 bits per heavy atom. The van der Waals surface area contributed by atoms with Gasteiger partial charge in [0, 0.05) is 22.8 Å². The van der Waals surface area contributed by atoms with E-state index in [1.807, 2.05) is 30.3 Å². The standard InChI is InChI=1S/C24H33IN2O4S/c1-3-4-5-8-22(29)19-9-11-20(12-10-19)26-27(18(2)28)16-6-7-21-13-14-23(32-21)24(30)31-17-15-25/h9-14,22,26,29H,3-8,15-17H2,1-2H3. The first-order valence-electron chi connectivity index (χ1n) is 11.1. The third kappa shape index (κ3) is 9.07. The van der Waals surface area contributed by atoms with Crippen LogP contribution in [0.2, 0.25) is 0 Å². The molecule has 2 N–H and O–H groups in total. The zero-order valence-electron chi connectivity index (χ0n) is 18.8. The molecule has 1 heterocycles. The molecule has 0 aliphatic rings. The van der Waals surface area contributed by atoms with Crippen LogP contribution >= 0.6 is 33.9 Å². The number of thiophene rings is 1. The van der Waals surface area contributed by atoms with E-state index in [0.717, 1.165) is 59.1 Å². The molecule has 1 atom stereocenters. The number of rotatable bonds is 14. The SMILES string of the molecule is CCCCCC(O)c1ccc(NN(CCCc2ccc(C(=O)OCCI)s2)C(C)=O)cc1. The van der Waals surface area contributed by atoms with Crippen LogP contribution in [0.1, 0.15) is 72.2 Å². The molecule has 1 aromatic carbocycles. The molecule has 0 saturated heterocycles. The first-order chi connectivity index (χ1) is 15.4. The Kier molecular flexibility index (Phi) is 12.0. The lowest BCUT2D eigenvalue weighted by Gasteiger charge is -2.23. The summed E-state index contributed by atoms with van der Waals surface area (Å²) in [6, 6.07) is 11.3. The number of hydrogen-bond acceptors (Lipinski definition) is 6. The molecule has 0 radical (unpaired) electrons. The monoisotopic (exact) mass is 572 g/mol. The van der Waals surface area contributed by atoms with Gasteiger partial charge in [-0.2, -0.15) is 0 Å². The molecule has 0 spiro atoms. The second-order valence-corrected chi connectivity index (χ2v) is 9.86. The van der Waals surface area contributed by atoms with E-state index in [9.17, 15) is 14.7 Å². The largest absolute Gasteiger partial charge is 0.461 e. The van der Waals surface area contributed by atoms with Crippen LogP contribution in [-0.2, 0) is 16.0 Å². The highest BCUT2D eigenvalue weighted by atomic mass is 127. The summed E-state index contributed by atoms with van der Waals surface area (Å²) >= 11 is 3.61. The summed E-state index contributed by atoms with van der Waals surface area (Å²) in [5.41, 5.74) is 4.86. The molecule has 2 rings (SSSR count). The Hall–Kier alpha value is -1.65. The third-order valence-electron chi connectivity index (χ3n) is 5.00. The highest BCUT2D eigenvalue weighted by Gasteiger charge is 2.13. The lowest BCUT2D eigenvalue weighted by molar-refractivity contribution is -0.127. The maximum Gasteiger partial charge on any atom is 0.348 e. The molecule has 1 unspecified atom stereocenters. The van der Waals surface area contributed by atoms with Crippen LogP contribution in [-0.4, -0.2) is 39.6 Å². The lowest BCUT2D eigenvalue weighted by Crippen LogP contribution is -2.35. The summed E-state index contributed by atoms with van der Waals surface area (Å²) < 4.78 is 5.94. The number of anilines is 1. The molecule has 0 fully saturated rings. The van der Waals surface area contributed by atoms with E-state index in [-0.39, 0.29) is 11.9 Å². The lowest BCUT2D eigenvalue weighted by atomic mass is 10.0. The van der Waals surface area contributed by atoms with E-state index >= 15 is 0 Å². The van der Waals surface area contributed by atoms with Crippen molar-refractivity contribution in [1.82, 2.24) is 5.01 Å². The number of hydrazine groups is 1. The van der Waals surface area contributed by atoms with Crippen LogP contribution in [0.3, 0.4) is 0 Å². The van der Waals surface area contributed by atoms with Crippen molar-refractivity contribution in [3.05, 3.63) is 51.7 Å². The first-order valence-corrected chi connectivity index (χ1v) is 13.4. The van der Waals surface area contributed by atoms with Gasteiger partial charge in [0.05, 0.1) is 11.8 Å². The predicted octanol–water partition coefficient (Wildman–Crippen LogP) is 5.76. The van der Waals surface area contributed by atoms with Gasteiger partial charge in [0.15, 0.2) is 0 Å². The zero-order valence-corrected chi connectivity index (χ0v) is 21.8. The van der Waals surface area contributed by atoms with Crippen molar-refractivity contribution < 1.29 is 19.4 Å². The summed E-state index contributed by atoms with van der Waals surface area (Å²) in [7, 11) is 0. The number of aliphatic hydroxyl groups is 1. The van der Waals surface area contributed by atoms with Gasteiger partial charge < -0.3 is 9.84 Å². The Labute approximate surface area is 208 Å². The van der Waals surface area contributed by atoms with Crippen molar-refractivity contribution in [2.24, 2.45) is 0 Å². The number of amides is 1. The fourth-order valence-corrected chi connectivity index (χ4v) is 4.38. The van der Waals surface area contributed by atoms with Gasteiger partial charge in [0.25, 0.3) is 0 Å². The topological polar surface area (TPSA) is 78.9 Å². The van der Waals surface area contributed by atoms with Gasteiger partial charge >= 0.3 is 5.97 Å². The molecule has 0 saturated carbocycles. The fraction of sp³-hybridized carbons (Fsp3) is 0.500. The van der Waals surface area contributed by atoms with E-state index < -0.39 is 6.10 Å². The fourth-order valence-electron chi connectivity index (χ4n) is 3.22. The molecular formula is C24H33IN2O4S. The number of halogens is 1. The van der Waals surface area contributed by atoms with Crippen molar-refractivity contribution in [2.75, 3.05) is 23.0 Å². The Morgan fingerprint density at radius 1 is 1.16 bits per heavy atom. The molecule has 8 heteroatoms. The van der Waals surface area contributed by atoms with Crippen LogP contribution in [0.15, 0.2) is 36.4 Å². The number of alkyl halides is 1. The average Bonchev–Trinajstić information content (AvgIpc) is 3.26. The van der Waals surface area contributed by atoms with Gasteiger partial charge in [-0.25, -0.2) is 4.79 Å². The molecule has 6 nitrogen and oxygen atoms in total. The van der Waals surface area contributed by atoms with Gasteiger partial charge in [-0.3, -0.25) is 15.2 Å². The van der Waals surface area contributed by atoms with Crippen molar-refractivity contribution in [3.8, 4) is 0 Å². The highest BCUT2D eigenvalue weighted by molar-refractivity contribution is 14.1. The van der Waals surface area contributed by atoms with Crippen LogP contribution in [0.25, 0.3) is 0 Å². The van der Waals surface area contributed by atoms with E-state index in [4.69, 9.17) is 4.74 Å². The quantitative estimate of drug-likeness (QED) is 0.0990. The third-order valence-corrected chi connectivity index (χ3v) is 6.56. The number of benzene rings is 1. The molecule has 1 aromatic heterocycles. The number of hydrogen-bond donors (Lipinski definition) is 2. The Balaban J connectivity index is 1.83. The van der Waals surface area contributed by atoms with E-state index in [1.54, 1.807) is 11.1 Å². The number of aryl methyl sites for hydroxylation is 1. The normalized spacial score (nSPS) is 11.8. The molecule has 0 aliphatic heterocycles.